The number of carbonyl (C=O) groups is 2. The van der Waals surface area contributed by atoms with E-state index in [4.69, 9.17) is 0 Å². The van der Waals surface area contributed by atoms with Gasteiger partial charge in [-0.1, -0.05) is 51.1 Å². The highest BCUT2D eigenvalue weighted by Crippen LogP contribution is 2.30. The summed E-state index contributed by atoms with van der Waals surface area (Å²) < 4.78 is 0. The first kappa shape index (κ1) is 20.3. The van der Waals surface area contributed by atoms with Crippen molar-refractivity contribution in [1.82, 2.24) is 15.1 Å². The molecule has 1 aliphatic rings. The lowest BCUT2D eigenvalue weighted by Gasteiger charge is -2.35. The van der Waals surface area contributed by atoms with Gasteiger partial charge in [-0.15, -0.1) is 0 Å². The Bertz CT molecular complexity index is 607. The van der Waals surface area contributed by atoms with Crippen molar-refractivity contribution in [2.24, 2.45) is 11.3 Å². The molecular weight excluding hydrogens is 326 g/mol. The molecule has 5 nitrogen and oxygen atoms in total. The number of urea groups is 1. The molecule has 1 fully saturated rings. The normalized spacial score (nSPS) is 19.0. The van der Waals surface area contributed by atoms with Crippen molar-refractivity contribution in [2.75, 3.05) is 27.2 Å². The zero-order valence-corrected chi connectivity index (χ0v) is 16.8. The van der Waals surface area contributed by atoms with Gasteiger partial charge in [0.25, 0.3) is 0 Å². The standard InChI is InChI=1S/C21H33N3O2/c1-21(2,3)14-18(16-10-7-6-8-11-16)22-19(25)17-12-9-13-24(15-17)20(26)23(4)5/h6-8,10-11,17-18H,9,12-15H2,1-5H3,(H,22,25). The van der Waals surface area contributed by atoms with Crippen LogP contribution in [0.25, 0.3) is 0 Å². The fraction of sp³-hybridized carbons (Fsp3) is 0.619. The summed E-state index contributed by atoms with van der Waals surface area (Å²) in [7, 11) is 3.50. The number of benzene rings is 1. The Morgan fingerprint density at radius 3 is 2.46 bits per heavy atom. The van der Waals surface area contributed by atoms with Gasteiger partial charge in [0.1, 0.15) is 0 Å². The van der Waals surface area contributed by atoms with Gasteiger partial charge in [-0.2, -0.15) is 0 Å². The van der Waals surface area contributed by atoms with E-state index in [1.807, 2.05) is 18.2 Å². The van der Waals surface area contributed by atoms with Gasteiger partial charge >= 0.3 is 6.03 Å². The first-order valence-electron chi connectivity index (χ1n) is 9.49. The van der Waals surface area contributed by atoms with Crippen molar-refractivity contribution >= 4 is 11.9 Å². The lowest BCUT2D eigenvalue weighted by atomic mass is 9.85. The average Bonchev–Trinajstić information content (AvgIpc) is 2.60. The molecule has 0 aromatic heterocycles. The summed E-state index contributed by atoms with van der Waals surface area (Å²) in [4.78, 5) is 28.5. The Balaban J connectivity index is 2.07. The Hall–Kier alpha value is -2.04. The van der Waals surface area contributed by atoms with Crippen LogP contribution in [0.2, 0.25) is 0 Å². The highest BCUT2D eigenvalue weighted by Gasteiger charge is 2.31. The van der Waals surface area contributed by atoms with Gasteiger partial charge in [-0.25, -0.2) is 4.79 Å². The summed E-state index contributed by atoms with van der Waals surface area (Å²) >= 11 is 0. The summed E-state index contributed by atoms with van der Waals surface area (Å²) in [6, 6.07) is 10.1. The Morgan fingerprint density at radius 1 is 1.23 bits per heavy atom. The fourth-order valence-corrected chi connectivity index (χ4v) is 3.49. The highest BCUT2D eigenvalue weighted by molar-refractivity contribution is 5.81. The second kappa shape index (κ2) is 8.56. The summed E-state index contributed by atoms with van der Waals surface area (Å²) in [5.41, 5.74) is 1.24. The molecule has 0 aliphatic carbocycles. The minimum atomic E-state index is -0.140. The van der Waals surface area contributed by atoms with E-state index in [-0.39, 0.29) is 29.3 Å². The van der Waals surface area contributed by atoms with Crippen LogP contribution in [-0.4, -0.2) is 48.9 Å². The number of amides is 3. The number of carbonyl (C=O) groups excluding carboxylic acids is 2. The van der Waals surface area contributed by atoms with Crippen molar-refractivity contribution in [2.45, 2.75) is 46.1 Å². The van der Waals surface area contributed by atoms with Gasteiger partial charge in [0.15, 0.2) is 0 Å². The van der Waals surface area contributed by atoms with Crippen molar-refractivity contribution in [3.63, 3.8) is 0 Å². The maximum atomic E-state index is 12.9. The third kappa shape index (κ3) is 5.75. The topological polar surface area (TPSA) is 52.7 Å². The molecule has 5 heteroatoms. The molecule has 144 valence electrons. The number of piperidine rings is 1. The quantitative estimate of drug-likeness (QED) is 0.892. The molecule has 26 heavy (non-hydrogen) atoms. The third-order valence-corrected chi connectivity index (χ3v) is 4.78. The predicted octanol–water partition coefficient (Wildman–Crippen LogP) is 3.67. The molecule has 1 aromatic carbocycles. The molecule has 0 radical (unpaired) electrons. The maximum absolute atomic E-state index is 12.9. The van der Waals surface area contributed by atoms with E-state index in [1.165, 1.54) is 0 Å². The molecule has 1 heterocycles. The minimum Gasteiger partial charge on any atom is -0.349 e. The van der Waals surface area contributed by atoms with Crippen LogP contribution >= 0.6 is 0 Å². The fourth-order valence-electron chi connectivity index (χ4n) is 3.49. The maximum Gasteiger partial charge on any atom is 0.319 e. The van der Waals surface area contributed by atoms with Crippen LogP contribution in [0.3, 0.4) is 0 Å². The number of hydrogen-bond acceptors (Lipinski definition) is 2. The molecule has 2 rings (SSSR count). The molecule has 1 aliphatic heterocycles. The second-order valence-corrected chi connectivity index (χ2v) is 8.70. The predicted molar refractivity (Wildman–Crippen MR) is 105 cm³/mol. The smallest absolute Gasteiger partial charge is 0.319 e. The summed E-state index contributed by atoms with van der Waals surface area (Å²) in [5, 5.41) is 3.26. The summed E-state index contributed by atoms with van der Waals surface area (Å²) in [5.74, 6) is -0.0850. The first-order chi connectivity index (χ1) is 12.2. The lowest BCUT2D eigenvalue weighted by Crippen LogP contribution is -2.49. The van der Waals surface area contributed by atoms with Gasteiger partial charge in [0.2, 0.25) is 5.91 Å². The molecule has 1 N–H and O–H groups in total. The van der Waals surface area contributed by atoms with Gasteiger partial charge in [-0.05, 0) is 30.2 Å². The Morgan fingerprint density at radius 2 is 1.88 bits per heavy atom. The van der Waals surface area contributed by atoms with Gasteiger partial charge in [0, 0.05) is 27.2 Å². The average molecular weight is 360 g/mol. The zero-order chi connectivity index (χ0) is 19.3. The monoisotopic (exact) mass is 359 g/mol. The highest BCUT2D eigenvalue weighted by atomic mass is 16.2. The lowest BCUT2D eigenvalue weighted by molar-refractivity contribution is -0.127. The Kier molecular flexibility index (Phi) is 6.68. The van der Waals surface area contributed by atoms with Gasteiger partial charge < -0.3 is 15.1 Å². The van der Waals surface area contributed by atoms with Crippen molar-refractivity contribution < 1.29 is 9.59 Å². The molecule has 2 atom stereocenters. The van der Waals surface area contributed by atoms with Gasteiger partial charge in [-0.3, -0.25) is 4.79 Å². The first-order valence-corrected chi connectivity index (χ1v) is 9.49. The minimum absolute atomic E-state index is 0.0105. The van der Waals surface area contributed by atoms with E-state index in [0.717, 1.165) is 31.4 Å². The Labute approximate surface area is 157 Å². The summed E-state index contributed by atoms with van der Waals surface area (Å²) in [6.45, 7) is 7.79. The van der Waals surface area contributed by atoms with E-state index in [0.29, 0.717) is 6.54 Å². The van der Waals surface area contributed by atoms with Crippen LogP contribution in [0.4, 0.5) is 4.79 Å². The van der Waals surface area contributed by atoms with Crippen LogP contribution in [0.5, 0.6) is 0 Å². The number of nitrogens with one attached hydrogen (secondary N) is 1. The number of nitrogens with zero attached hydrogens (tertiary/aromatic N) is 2. The molecule has 1 aromatic rings. The van der Waals surface area contributed by atoms with Crippen LogP contribution in [0, 0.1) is 11.3 Å². The van der Waals surface area contributed by atoms with Crippen molar-refractivity contribution in [1.29, 1.82) is 0 Å². The van der Waals surface area contributed by atoms with Crippen LogP contribution in [0.1, 0.15) is 51.6 Å². The molecule has 1 saturated heterocycles. The third-order valence-electron chi connectivity index (χ3n) is 4.78. The van der Waals surface area contributed by atoms with E-state index in [1.54, 1.807) is 23.9 Å². The molecule has 3 amide bonds. The van der Waals surface area contributed by atoms with E-state index in [2.05, 4.69) is 38.2 Å². The number of hydrogen-bond donors (Lipinski definition) is 1. The zero-order valence-electron chi connectivity index (χ0n) is 16.8. The molecule has 0 bridgehead atoms. The van der Waals surface area contributed by atoms with E-state index >= 15 is 0 Å². The van der Waals surface area contributed by atoms with Gasteiger partial charge in [0.05, 0.1) is 12.0 Å². The second-order valence-electron chi connectivity index (χ2n) is 8.70. The SMILES string of the molecule is CN(C)C(=O)N1CCCC(C(=O)NC(CC(C)(C)C)c2ccccc2)C1. The van der Waals surface area contributed by atoms with Crippen LogP contribution in [-0.2, 0) is 4.79 Å². The van der Waals surface area contributed by atoms with E-state index < -0.39 is 0 Å². The van der Waals surface area contributed by atoms with Crippen LogP contribution in [0.15, 0.2) is 30.3 Å². The number of rotatable bonds is 4. The molecule has 0 spiro atoms. The molecule has 2 unspecified atom stereocenters. The van der Waals surface area contributed by atoms with Crippen LogP contribution < -0.4 is 5.32 Å². The number of likely N-dealkylation sites (tertiary alicyclic amines) is 1. The van der Waals surface area contributed by atoms with Crippen molar-refractivity contribution in [3.8, 4) is 0 Å². The molecular formula is C21H33N3O2. The summed E-state index contributed by atoms with van der Waals surface area (Å²) in [6.07, 6.45) is 2.57. The molecule has 0 saturated carbocycles. The largest absolute Gasteiger partial charge is 0.349 e. The van der Waals surface area contributed by atoms with Crippen molar-refractivity contribution in [3.05, 3.63) is 35.9 Å². The van der Waals surface area contributed by atoms with E-state index in [9.17, 15) is 9.59 Å².